The van der Waals surface area contributed by atoms with Gasteiger partial charge < -0.3 is 9.47 Å². The number of aryl methyl sites for hydroxylation is 1. The summed E-state index contributed by atoms with van der Waals surface area (Å²) in [4.78, 5) is 34.8. The fraction of sp³-hybridized carbons (Fsp3) is 0.267. The smallest absolute Gasteiger partial charge is 0.326 e. The first kappa shape index (κ1) is 16.9. The minimum Gasteiger partial charge on any atom is -0.494 e. The highest BCUT2D eigenvalue weighted by atomic mass is 32.1. The molecule has 0 unspecified atom stereocenters. The van der Waals surface area contributed by atoms with Crippen LogP contribution in [0.4, 0.5) is 4.39 Å². The molecular formula is C15H14FNO5S. The molecular weight excluding hydrogens is 325 g/mol. The van der Waals surface area contributed by atoms with Gasteiger partial charge in [0.05, 0.1) is 7.11 Å². The first-order valence-corrected chi connectivity index (χ1v) is 7.47. The summed E-state index contributed by atoms with van der Waals surface area (Å²) in [5.74, 6) is -1.92. The standard InChI is InChI=1S/C15H14FNO5S/c1-9-8-23-15(20)17(9)6-14(19)22-7-12(18)10-3-4-13(21-2)11(16)5-10/h3-5,8H,6-7H2,1-2H3. The first-order chi connectivity index (χ1) is 10.9. The maximum atomic E-state index is 13.5. The molecule has 0 bridgehead atoms. The van der Waals surface area contributed by atoms with Crippen LogP contribution < -0.4 is 9.61 Å². The lowest BCUT2D eigenvalue weighted by Crippen LogP contribution is -2.24. The monoisotopic (exact) mass is 339 g/mol. The van der Waals surface area contributed by atoms with E-state index in [-0.39, 0.29) is 22.7 Å². The van der Waals surface area contributed by atoms with Gasteiger partial charge in [-0.05, 0) is 25.1 Å². The Kier molecular flexibility index (Phi) is 5.28. The molecule has 0 aliphatic heterocycles. The van der Waals surface area contributed by atoms with Crippen LogP contribution in [0.3, 0.4) is 0 Å². The zero-order chi connectivity index (χ0) is 17.0. The van der Waals surface area contributed by atoms with Gasteiger partial charge in [0.15, 0.2) is 24.0 Å². The molecule has 0 aliphatic rings. The highest BCUT2D eigenvalue weighted by Gasteiger charge is 2.14. The molecule has 0 N–H and O–H groups in total. The summed E-state index contributed by atoms with van der Waals surface area (Å²) in [7, 11) is 1.32. The SMILES string of the molecule is COc1ccc(C(=O)COC(=O)Cn2c(C)csc2=O)cc1F. The van der Waals surface area contributed by atoms with Crippen LogP contribution in [-0.2, 0) is 16.1 Å². The van der Waals surface area contributed by atoms with Crippen LogP contribution in [-0.4, -0.2) is 30.0 Å². The minimum atomic E-state index is -0.712. The Morgan fingerprint density at radius 2 is 2.09 bits per heavy atom. The van der Waals surface area contributed by atoms with Crippen LogP contribution in [0.2, 0.25) is 0 Å². The average Bonchev–Trinajstić information content (AvgIpc) is 2.84. The maximum Gasteiger partial charge on any atom is 0.326 e. The summed E-state index contributed by atoms with van der Waals surface area (Å²) in [6.07, 6.45) is 0. The highest BCUT2D eigenvalue weighted by Crippen LogP contribution is 2.18. The second-order valence-corrected chi connectivity index (χ2v) is 5.48. The molecule has 0 saturated carbocycles. The number of benzene rings is 1. The molecule has 8 heteroatoms. The van der Waals surface area contributed by atoms with Crippen LogP contribution in [0.1, 0.15) is 16.1 Å². The van der Waals surface area contributed by atoms with E-state index in [1.54, 1.807) is 12.3 Å². The van der Waals surface area contributed by atoms with Gasteiger partial charge in [-0.1, -0.05) is 11.3 Å². The third kappa shape index (κ3) is 4.04. The summed E-state index contributed by atoms with van der Waals surface area (Å²) < 4.78 is 24.4. The van der Waals surface area contributed by atoms with Gasteiger partial charge in [0.1, 0.15) is 6.54 Å². The van der Waals surface area contributed by atoms with E-state index in [2.05, 4.69) is 0 Å². The number of methoxy groups -OCH3 is 1. The molecule has 0 atom stereocenters. The van der Waals surface area contributed by atoms with Crippen molar-refractivity contribution in [1.82, 2.24) is 4.57 Å². The predicted molar refractivity (Wildman–Crippen MR) is 81.6 cm³/mol. The van der Waals surface area contributed by atoms with Gasteiger partial charge in [-0.2, -0.15) is 0 Å². The topological polar surface area (TPSA) is 74.6 Å². The van der Waals surface area contributed by atoms with Crippen LogP contribution in [0.5, 0.6) is 5.75 Å². The average molecular weight is 339 g/mol. The molecule has 0 spiro atoms. The van der Waals surface area contributed by atoms with Gasteiger partial charge in [0, 0.05) is 16.6 Å². The number of carbonyl (C=O) groups excluding carboxylic acids is 2. The van der Waals surface area contributed by atoms with Crippen LogP contribution in [0.25, 0.3) is 0 Å². The van der Waals surface area contributed by atoms with Gasteiger partial charge in [0.25, 0.3) is 0 Å². The molecule has 1 heterocycles. The van der Waals surface area contributed by atoms with E-state index in [9.17, 15) is 18.8 Å². The number of hydrogen-bond donors (Lipinski definition) is 0. The van der Waals surface area contributed by atoms with E-state index in [1.165, 1.54) is 23.8 Å². The van der Waals surface area contributed by atoms with Crippen molar-refractivity contribution in [2.75, 3.05) is 13.7 Å². The number of nitrogens with zero attached hydrogens (tertiary/aromatic N) is 1. The van der Waals surface area contributed by atoms with Crippen molar-refractivity contribution >= 4 is 23.1 Å². The lowest BCUT2D eigenvalue weighted by molar-refractivity contribution is -0.143. The Hall–Kier alpha value is -2.48. The number of rotatable bonds is 6. The van der Waals surface area contributed by atoms with Crippen molar-refractivity contribution in [3.8, 4) is 5.75 Å². The van der Waals surface area contributed by atoms with Gasteiger partial charge in [-0.25, -0.2) is 4.39 Å². The Balaban J connectivity index is 1.95. The number of hydrogen-bond acceptors (Lipinski definition) is 6. The van der Waals surface area contributed by atoms with Crippen LogP contribution >= 0.6 is 11.3 Å². The number of carbonyl (C=O) groups is 2. The van der Waals surface area contributed by atoms with Crippen LogP contribution in [0.15, 0.2) is 28.4 Å². The zero-order valence-electron chi connectivity index (χ0n) is 12.5. The third-order valence-electron chi connectivity index (χ3n) is 3.10. The molecule has 23 heavy (non-hydrogen) atoms. The van der Waals surface area contributed by atoms with Crippen molar-refractivity contribution < 1.29 is 23.5 Å². The summed E-state index contributed by atoms with van der Waals surface area (Å²) in [6, 6.07) is 3.72. The van der Waals surface area contributed by atoms with Crippen LogP contribution in [0, 0.1) is 12.7 Å². The summed E-state index contributed by atoms with van der Waals surface area (Å²) in [5.41, 5.74) is 0.709. The lowest BCUT2D eigenvalue weighted by Gasteiger charge is -2.07. The molecule has 0 aliphatic carbocycles. The highest BCUT2D eigenvalue weighted by molar-refractivity contribution is 7.07. The summed E-state index contributed by atoms with van der Waals surface area (Å²) in [6.45, 7) is 0.900. The molecule has 0 saturated heterocycles. The van der Waals surface area contributed by atoms with Crippen molar-refractivity contribution in [1.29, 1.82) is 0 Å². The summed E-state index contributed by atoms with van der Waals surface area (Å²) in [5, 5.41) is 1.63. The predicted octanol–water partition coefficient (Wildman–Crippen LogP) is 1.79. The number of ketones is 1. The molecule has 0 fully saturated rings. The van der Waals surface area contributed by atoms with E-state index in [4.69, 9.17) is 9.47 Å². The van der Waals surface area contributed by atoms with E-state index in [0.717, 1.165) is 17.4 Å². The number of halogens is 1. The molecule has 0 amide bonds. The Bertz CT molecular complexity index is 795. The van der Waals surface area contributed by atoms with E-state index in [0.29, 0.717) is 5.69 Å². The Morgan fingerprint density at radius 1 is 1.35 bits per heavy atom. The fourth-order valence-corrected chi connectivity index (χ4v) is 2.57. The van der Waals surface area contributed by atoms with E-state index in [1.807, 2.05) is 0 Å². The van der Waals surface area contributed by atoms with Gasteiger partial charge in [0.2, 0.25) is 0 Å². The van der Waals surface area contributed by atoms with Gasteiger partial charge in [-0.15, -0.1) is 0 Å². The van der Waals surface area contributed by atoms with E-state index >= 15 is 0 Å². The van der Waals surface area contributed by atoms with Crippen molar-refractivity contribution in [3.05, 3.63) is 50.3 Å². The third-order valence-corrected chi connectivity index (χ3v) is 3.98. The quantitative estimate of drug-likeness (QED) is 0.592. The number of esters is 1. The second-order valence-electron chi connectivity index (χ2n) is 4.66. The largest absolute Gasteiger partial charge is 0.494 e. The normalized spacial score (nSPS) is 10.4. The second kappa shape index (κ2) is 7.19. The molecule has 2 aromatic rings. The number of ether oxygens (including phenoxy) is 2. The van der Waals surface area contributed by atoms with Crippen molar-refractivity contribution in [3.63, 3.8) is 0 Å². The van der Waals surface area contributed by atoms with Gasteiger partial charge in [-0.3, -0.25) is 19.0 Å². The Morgan fingerprint density at radius 3 is 2.65 bits per heavy atom. The summed E-state index contributed by atoms with van der Waals surface area (Å²) >= 11 is 0.978. The zero-order valence-corrected chi connectivity index (χ0v) is 13.3. The van der Waals surface area contributed by atoms with Gasteiger partial charge >= 0.3 is 10.8 Å². The Labute approximate surface area is 135 Å². The fourth-order valence-electron chi connectivity index (χ4n) is 1.84. The molecule has 0 radical (unpaired) electrons. The number of Topliss-reactive ketones (excluding diaryl/α,β-unsaturated/α-hetero) is 1. The molecule has 1 aromatic carbocycles. The first-order valence-electron chi connectivity index (χ1n) is 6.59. The lowest BCUT2D eigenvalue weighted by atomic mass is 10.1. The number of thiazole rings is 1. The molecule has 1 aromatic heterocycles. The number of aromatic nitrogens is 1. The van der Waals surface area contributed by atoms with Crippen molar-refractivity contribution in [2.45, 2.75) is 13.5 Å². The minimum absolute atomic E-state index is 0.0193. The molecule has 122 valence electrons. The molecule has 2 rings (SSSR count). The van der Waals surface area contributed by atoms with E-state index < -0.39 is 24.2 Å². The maximum absolute atomic E-state index is 13.5. The van der Waals surface area contributed by atoms with Crippen molar-refractivity contribution in [2.24, 2.45) is 0 Å². The molecule has 6 nitrogen and oxygen atoms in total.